The fraction of sp³-hybridized carbons (Fsp3) is 0.0769. The quantitative estimate of drug-likeness (QED) is 0.771. The molecule has 0 amide bonds. The highest BCUT2D eigenvalue weighted by Crippen LogP contribution is 2.35. The van der Waals surface area contributed by atoms with Crippen LogP contribution in [0.5, 0.6) is 5.75 Å². The molecule has 0 aliphatic carbocycles. The molecule has 0 fully saturated rings. The number of aromatic nitrogens is 3. The Bertz CT molecular complexity index is 723. The molecule has 0 unspecified atom stereocenters. The van der Waals surface area contributed by atoms with Crippen molar-refractivity contribution < 1.29 is 18.0 Å². The standard InChI is InChI=1S/C13H10F2N4O2/c14-13(15)20-8-3-1-7(2-4-8)10-11(19-21-12(10)16)9-5-6-17-18-9/h1-6,13H,16H2,(H,17,18). The molecule has 2 heterocycles. The fourth-order valence-corrected chi connectivity index (χ4v) is 1.96. The third-order valence-electron chi connectivity index (χ3n) is 2.84. The molecule has 0 aliphatic rings. The lowest BCUT2D eigenvalue weighted by molar-refractivity contribution is -0.0498. The molecule has 3 N–H and O–H groups in total. The number of nitrogens with one attached hydrogen (secondary N) is 1. The van der Waals surface area contributed by atoms with Crippen molar-refractivity contribution in [2.75, 3.05) is 5.73 Å². The third kappa shape index (κ3) is 2.55. The second-order valence-electron chi connectivity index (χ2n) is 4.14. The molecule has 8 heteroatoms. The van der Waals surface area contributed by atoms with Crippen LogP contribution in [0.3, 0.4) is 0 Å². The molecule has 6 nitrogen and oxygen atoms in total. The summed E-state index contributed by atoms with van der Waals surface area (Å²) in [6.07, 6.45) is 1.57. The molecule has 0 radical (unpaired) electrons. The minimum absolute atomic E-state index is 0.0619. The number of H-pyrrole nitrogens is 1. The normalized spacial score (nSPS) is 11.0. The molecule has 108 valence electrons. The van der Waals surface area contributed by atoms with Gasteiger partial charge in [-0.1, -0.05) is 17.3 Å². The van der Waals surface area contributed by atoms with Gasteiger partial charge in [0.25, 0.3) is 0 Å². The Hall–Kier alpha value is -2.90. The van der Waals surface area contributed by atoms with Crippen molar-refractivity contribution >= 4 is 5.88 Å². The summed E-state index contributed by atoms with van der Waals surface area (Å²) >= 11 is 0. The van der Waals surface area contributed by atoms with E-state index in [0.717, 1.165) is 0 Å². The average Bonchev–Trinajstić information content (AvgIpc) is 3.08. The second kappa shape index (κ2) is 5.23. The predicted octanol–water partition coefficient (Wildman–Crippen LogP) is 2.92. The van der Waals surface area contributed by atoms with Crippen LogP contribution in [0, 0.1) is 0 Å². The van der Waals surface area contributed by atoms with E-state index in [-0.39, 0.29) is 11.6 Å². The summed E-state index contributed by atoms with van der Waals surface area (Å²) in [4.78, 5) is 0. The molecule has 3 rings (SSSR count). The largest absolute Gasteiger partial charge is 0.435 e. The maximum atomic E-state index is 12.1. The second-order valence-corrected chi connectivity index (χ2v) is 4.14. The van der Waals surface area contributed by atoms with Gasteiger partial charge in [0.05, 0.1) is 11.3 Å². The van der Waals surface area contributed by atoms with E-state index in [0.29, 0.717) is 22.5 Å². The maximum Gasteiger partial charge on any atom is 0.387 e. The van der Waals surface area contributed by atoms with E-state index in [2.05, 4.69) is 20.1 Å². The summed E-state index contributed by atoms with van der Waals surface area (Å²) in [6, 6.07) is 7.76. The van der Waals surface area contributed by atoms with Gasteiger partial charge >= 0.3 is 6.61 Å². The molecule has 2 aromatic heterocycles. The van der Waals surface area contributed by atoms with Crippen molar-refractivity contribution in [1.29, 1.82) is 0 Å². The molecule has 3 aromatic rings. The van der Waals surface area contributed by atoms with Gasteiger partial charge < -0.3 is 15.0 Å². The molecular weight excluding hydrogens is 282 g/mol. The topological polar surface area (TPSA) is 90.0 Å². The highest BCUT2D eigenvalue weighted by Gasteiger charge is 2.18. The molecule has 0 saturated heterocycles. The highest BCUT2D eigenvalue weighted by molar-refractivity contribution is 5.85. The zero-order valence-electron chi connectivity index (χ0n) is 10.6. The first-order valence-electron chi connectivity index (χ1n) is 5.95. The van der Waals surface area contributed by atoms with Gasteiger partial charge in [-0.15, -0.1) is 0 Å². The van der Waals surface area contributed by atoms with Crippen LogP contribution in [0.25, 0.3) is 22.5 Å². The van der Waals surface area contributed by atoms with Crippen LogP contribution in [0.4, 0.5) is 14.7 Å². The lowest BCUT2D eigenvalue weighted by Crippen LogP contribution is -2.01. The van der Waals surface area contributed by atoms with Gasteiger partial charge in [0.15, 0.2) is 0 Å². The Morgan fingerprint density at radius 1 is 1.19 bits per heavy atom. The Balaban J connectivity index is 1.99. The van der Waals surface area contributed by atoms with Gasteiger partial charge in [-0.05, 0) is 23.8 Å². The first kappa shape index (κ1) is 13.1. The van der Waals surface area contributed by atoms with Crippen LogP contribution in [0.1, 0.15) is 0 Å². The Kier molecular flexibility index (Phi) is 3.27. The smallest absolute Gasteiger partial charge is 0.387 e. The number of benzene rings is 1. The number of hydrogen-bond donors (Lipinski definition) is 2. The van der Waals surface area contributed by atoms with Crippen LogP contribution >= 0.6 is 0 Å². The van der Waals surface area contributed by atoms with Crippen molar-refractivity contribution in [2.45, 2.75) is 6.61 Å². The van der Waals surface area contributed by atoms with Crippen molar-refractivity contribution in [2.24, 2.45) is 0 Å². The summed E-state index contributed by atoms with van der Waals surface area (Å²) < 4.78 is 33.6. The van der Waals surface area contributed by atoms with Crippen molar-refractivity contribution in [3.63, 3.8) is 0 Å². The first-order valence-corrected chi connectivity index (χ1v) is 5.95. The van der Waals surface area contributed by atoms with E-state index in [1.165, 1.54) is 12.1 Å². The molecule has 0 bridgehead atoms. The first-order chi connectivity index (χ1) is 10.1. The van der Waals surface area contributed by atoms with Crippen LogP contribution in [0.2, 0.25) is 0 Å². The van der Waals surface area contributed by atoms with Gasteiger partial charge in [-0.25, -0.2) is 0 Å². The third-order valence-corrected chi connectivity index (χ3v) is 2.84. The molecule has 0 saturated carbocycles. The molecular formula is C13H10F2N4O2. The molecule has 0 spiro atoms. The Labute approximate surface area is 117 Å². The summed E-state index contributed by atoms with van der Waals surface area (Å²) in [5.74, 6) is 0.189. The number of aromatic amines is 1. The summed E-state index contributed by atoms with van der Waals surface area (Å²) in [5.41, 5.74) is 8.14. The van der Waals surface area contributed by atoms with Crippen LogP contribution in [0.15, 0.2) is 41.1 Å². The van der Waals surface area contributed by atoms with Gasteiger partial charge in [-0.2, -0.15) is 13.9 Å². The molecule has 21 heavy (non-hydrogen) atoms. The zero-order chi connectivity index (χ0) is 14.8. The Morgan fingerprint density at radius 3 is 2.57 bits per heavy atom. The van der Waals surface area contributed by atoms with E-state index in [4.69, 9.17) is 10.3 Å². The minimum Gasteiger partial charge on any atom is -0.435 e. The Morgan fingerprint density at radius 2 is 1.95 bits per heavy atom. The number of hydrogen-bond acceptors (Lipinski definition) is 5. The van der Waals surface area contributed by atoms with Gasteiger partial charge in [0, 0.05) is 6.20 Å². The number of halogens is 2. The van der Waals surface area contributed by atoms with E-state index >= 15 is 0 Å². The van der Waals surface area contributed by atoms with Gasteiger partial charge in [0.2, 0.25) is 5.88 Å². The van der Waals surface area contributed by atoms with Crippen molar-refractivity contribution in [1.82, 2.24) is 15.4 Å². The summed E-state index contributed by atoms with van der Waals surface area (Å²) in [5, 5.41) is 10.5. The lowest BCUT2D eigenvalue weighted by Gasteiger charge is -2.05. The number of nitrogens with two attached hydrogens (primary N) is 1. The number of rotatable bonds is 4. The van der Waals surface area contributed by atoms with E-state index < -0.39 is 6.61 Å². The number of alkyl halides is 2. The summed E-state index contributed by atoms with van der Waals surface area (Å²) in [7, 11) is 0. The van der Waals surface area contributed by atoms with Crippen molar-refractivity contribution in [3.8, 4) is 28.3 Å². The van der Waals surface area contributed by atoms with Gasteiger partial charge in [0.1, 0.15) is 11.4 Å². The number of nitrogens with zero attached hydrogens (tertiary/aromatic N) is 2. The van der Waals surface area contributed by atoms with E-state index in [1.807, 2.05) is 0 Å². The van der Waals surface area contributed by atoms with Crippen molar-refractivity contribution in [3.05, 3.63) is 36.5 Å². The van der Waals surface area contributed by atoms with Crippen LogP contribution in [-0.2, 0) is 0 Å². The number of ether oxygens (including phenoxy) is 1. The zero-order valence-corrected chi connectivity index (χ0v) is 10.6. The molecule has 0 aliphatic heterocycles. The van der Waals surface area contributed by atoms with E-state index in [9.17, 15) is 8.78 Å². The minimum atomic E-state index is -2.86. The SMILES string of the molecule is Nc1onc(-c2ccn[nH]2)c1-c1ccc(OC(F)F)cc1. The average molecular weight is 292 g/mol. The van der Waals surface area contributed by atoms with Crippen LogP contribution in [-0.4, -0.2) is 22.0 Å². The monoisotopic (exact) mass is 292 g/mol. The maximum absolute atomic E-state index is 12.1. The summed E-state index contributed by atoms with van der Waals surface area (Å²) in [6.45, 7) is -2.86. The number of nitrogen functional groups attached to an aromatic ring is 1. The lowest BCUT2D eigenvalue weighted by atomic mass is 10.0. The fourth-order valence-electron chi connectivity index (χ4n) is 1.96. The van der Waals surface area contributed by atoms with Gasteiger partial charge in [-0.3, -0.25) is 5.10 Å². The molecule has 0 atom stereocenters. The predicted molar refractivity (Wildman–Crippen MR) is 70.6 cm³/mol. The highest BCUT2D eigenvalue weighted by atomic mass is 19.3. The number of anilines is 1. The van der Waals surface area contributed by atoms with Crippen LogP contribution < -0.4 is 10.5 Å². The molecule has 1 aromatic carbocycles. The van der Waals surface area contributed by atoms with E-state index in [1.54, 1.807) is 24.4 Å².